The molecule has 0 amide bonds. The quantitative estimate of drug-likeness (QED) is 0.503. The number of nitrogens with two attached hydrogens (primary N) is 2. The van der Waals surface area contributed by atoms with Crippen molar-refractivity contribution in [1.29, 1.82) is 0 Å². The fraction of sp³-hybridized carbons (Fsp3) is 0.778. The summed E-state index contributed by atoms with van der Waals surface area (Å²) in [6.07, 6.45) is 4.01. The Morgan fingerprint density at radius 1 is 1.42 bits per heavy atom. The van der Waals surface area contributed by atoms with E-state index in [-0.39, 0.29) is 0 Å². The number of nitrogens with zero attached hydrogens (tertiary/aromatic N) is 1. The first-order chi connectivity index (χ1) is 5.66. The average molecular weight is 173 g/mol. The van der Waals surface area contributed by atoms with Crippen molar-refractivity contribution in [1.82, 2.24) is 5.01 Å². The van der Waals surface area contributed by atoms with Crippen LogP contribution in [0.4, 0.5) is 0 Å². The fourth-order valence-corrected chi connectivity index (χ4v) is 0.667. The molecule has 4 N–H and O–H groups in total. The Morgan fingerprint density at radius 2 is 1.92 bits per heavy atom. The third-order valence-electron chi connectivity index (χ3n) is 1.14. The minimum absolute atomic E-state index is 0.749. The second kappa shape index (κ2) is 10.3. The molecule has 0 aliphatic heterocycles. The molecule has 0 aromatic rings. The Bertz CT molecular complexity index is 106. The molecule has 0 saturated heterocycles. The molecule has 0 aromatic carbocycles. The van der Waals surface area contributed by atoms with Crippen LogP contribution in [0.15, 0.2) is 11.9 Å². The van der Waals surface area contributed by atoms with Gasteiger partial charge in [-0.1, -0.05) is 27.2 Å². The Balaban J connectivity index is 0. The summed E-state index contributed by atoms with van der Waals surface area (Å²) in [4.78, 5) is 0. The number of hydrogen-bond donors (Lipinski definition) is 2. The SMILES string of the molecule is CC.CCCCN(N)/C=C(/C)N. The normalized spacial score (nSPS) is 10.2. The molecule has 0 fully saturated rings. The van der Waals surface area contributed by atoms with Crippen LogP contribution in [-0.4, -0.2) is 11.6 Å². The lowest BCUT2D eigenvalue weighted by Crippen LogP contribution is -2.27. The summed E-state index contributed by atoms with van der Waals surface area (Å²) in [7, 11) is 0. The highest BCUT2D eigenvalue weighted by molar-refractivity contribution is 4.89. The molecule has 0 aromatic heterocycles. The van der Waals surface area contributed by atoms with E-state index < -0.39 is 0 Å². The Hall–Kier alpha value is -0.700. The van der Waals surface area contributed by atoms with Gasteiger partial charge in [-0.15, -0.1) is 0 Å². The first-order valence-corrected chi connectivity index (χ1v) is 4.62. The third-order valence-corrected chi connectivity index (χ3v) is 1.14. The van der Waals surface area contributed by atoms with Crippen LogP contribution >= 0.6 is 0 Å². The molecule has 3 nitrogen and oxygen atoms in total. The predicted octanol–water partition coefficient (Wildman–Crippen LogP) is 1.81. The zero-order valence-corrected chi connectivity index (χ0v) is 8.80. The Kier molecular flexibility index (Phi) is 11.9. The van der Waals surface area contributed by atoms with Gasteiger partial charge in [-0.3, -0.25) is 0 Å². The van der Waals surface area contributed by atoms with Gasteiger partial charge in [-0.05, 0) is 13.3 Å². The summed E-state index contributed by atoms with van der Waals surface area (Å²) in [6, 6.07) is 0. The molecular formula is C9H23N3. The molecule has 0 unspecified atom stereocenters. The largest absolute Gasteiger partial charge is 0.401 e. The van der Waals surface area contributed by atoms with Crippen LogP contribution in [0.25, 0.3) is 0 Å². The minimum atomic E-state index is 0.749. The van der Waals surface area contributed by atoms with Crippen molar-refractivity contribution in [2.24, 2.45) is 11.6 Å². The van der Waals surface area contributed by atoms with Crippen molar-refractivity contribution >= 4 is 0 Å². The van der Waals surface area contributed by atoms with Gasteiger partial charge in [-0.2, -0.15) is 0 Å². The van der Waals surface area contributed by atoms with Crippen LogP contribution in [0.1, 0.15) is 40.5 Å². The highest BCUT2D eigenvalue weighted by Crippen LogP contribution is 1.90. The van der Waals surface area contributed by atoms with Gasteiger partial charge in [0.15, 0.2) is 0 Å². The van der Waals surface area contributed by atoms with Crippen molar-refractivity contribution in [2.45, 2.75) is 40.5 Å². The lowest BCUT2D eigenvalue weighted by atomic mass is 10.3. The second-order valence-electron chi connectivity index (χ2n) is 2.46. The van der Waals surface area contributed by atoms with Crippen LogP contribution in [0.5, 0.6) is 0 Å². The summed E-state index contributed by atoms with van der Waals surface area (Å²) < 4.78 is 0. The summed E-state index contributed by atoms with van der Waals surface area (Å²) in [5, 5.41) is 1.62. The van der Waals surface area contributed by atoms with Gasteiger partial charge < -0.3 is 10.7 Å². The maximum atomic E-state index is 5.54. The highest BCUT2D eigenvalue weighted by atomic mass is 15.4. The first-order valence-electron chi connectivity index (χ1n) is 4.62. The lowest BCUT2D eigenvalue weighted by molar-refractivity contribution is 0.381. The fourth-order valence-electron chi connectivity index (χ4n) is 0.667. The van der Waals surface area contributed by atoms with Gasteiger partial charge in [0.25, 0.3) is 0 Å². The van der Waals surface area contributed by atoms with Gasteiger partial charge in [0.05, 0.1) is 0 Å². The van der Waals surface area contributed by atoms with E-state index in [9.17, 15) is 0 Å². The molecule has 0 saturated carbocycles. The Labute approximate surface area is 76.4 Å². The zero-order valence-electron chi connectivity index (χ0n) is 8.80. The van der Waals surface area contributed by atoms with Crippen LogP contribution in [0, 0.1) is 0 Å². The topological polar surface area (TPSA) is 55.3 Å². The number of unbranched alkanes of at least 4 members (excludes halogenated alkanes) is 1. The second-order valence-corrected chi connectivity index (χ2v) is 2.46. The standard InChI is InChI=1S/C7H17N3.C2H6/c1-3-4-5-10(9)6-7(2)8;1-2/h6H,3-5,8-9H2,1-2H3;1-2H3/b7-6-;. The van der Waals surface area contributed by atoms with E-state index in [1.54, 1.807) is 11.2 Å². The maximum Gasteiger partial charge on any atom is 0.0340 e. The summed E-state index contributed by atoms with van der Waals surface area (Å²) in [5.74, 6) is 5.54. The van der Waals surface area contributed by atoms with E-state index in [4.69, 9.17) is 11.6 Å². The summed E-state index contributed by atoms with van der Waals surface area (Å²) >= 11 is 0. The molecule has 0 radical (unpaired) electrons. The third kappa shape index (κ3) is 12.0. The highest BCUT2D eigenvalue weighted by Gasteiger charge is 1.89. The van der Waals surface area contributed by atoms with Gasteiger partial charge in [0.1, 0.15) is 0 Å². The molecule has 3 heteroatoms. The number of hydrogen-bond acceptors (Lipinski definition) is 3. The van der Waals surface area contributed by atoms with Gasteiger partial charge in [-0.25, -0.2) is 5.84 Å². The van der Waals surface area contributed by atoms with E-state index >= 15 is 0 Å². The lowest BCUT2D eigenvalue weighted by Gasteiger charge is -2.12. The number of allylic oxidation sites excluding steroid dienone is 1. The predicted molar refractivity (Wildman–Crippen MR) is 55.1 cm³/mol. The molecule has 0 spiro atoms. The molecule has 0 aliphatic rings. The molecular weight excluding hydrogens is 150 g/mol. The van der Waals surface area contributed by atoms with Crippen LogP contribution in [0.2, 0.25) is 0 Å². The van der Waals surface area contributed by atoms with Crippen LogP contribution in [-0.2, 0) is 0 Å². The molecule has 12 heavy (non-hydrogen) atoms. The summed E-state index contributed by atoms with van der Waals surface area (Å²) in [6.45, 7) is 8.84. The van der Waals surface area contributed by atoms with E-state index in [0.717, 1.165) is 25.1 Å². The van der Waals surface area contributed by atoms with Crippen molar-refractivity contribution in [3.63, 3.8) is 0 Å². The molecule has 0 atom stereocenters. The Morgan fingerprint density at radius 3 is 2.25 bits per heavy atom. The van der Waals surface area contributed by atoms with Crippen LogP contribution in [0.3, 0.4) is 0 Å². The van der Waals surface area contributed by atoms with E-state index in [0.29, 0.717) is 0 Å². The molecule has 0 aliphatic carbocycles. The van der Waals surface area contributed by atoms with Crippen molar-refractivity contribution < 1.29 is 0 Å². The minimum Gasteiger partial charge on any atom is -0.401 e. The molecule has 0 bridgehead atoms. The molecule has 74 valence electrons. The zero-order chi connectivity index (χ0) is 9.98. The first kappa shape index (κ1) is 13.9. The van der Waals surface area contributed by atoms with E-state index in [1.807, 2.05) is 20.8 Å². The number of rotatable bonds is 4. The van der Waals surface area contributed by atoms with E-state index in [2.05, 4.69) is 6.92 Å². The summed E-state index contributed by atoms with van der Waals surface area (Å²) in [5.41, 5.74) is 6.15. The number of hydrazine groups is 1. The van der Waals surface area contributed by atoms with Crippen molar-refractivity contribution in [3.05, 3.63) is 11.9 Å². The van der Waals surface area contributed by atoms with Gasteiger partial charge >= 0.3 is 0 Å². The van der Waals surface area contributed by atoms with Gasteiger partial charge in [0.2, 0.25) is 0 Å². The van der Waals surface area contributed by atoms with Crippen molar-refractivity contribution in [2.75, 3.05) is 6.54 Å². The maximum absolute atomic E-state index is 5.54. The van der Waals surface area contributed by atoms with E-state index in [1.165, 1.54) is 0 Å². The average Bonchev–Trinajstić information content (AvgIpc) is 2.03. The molecule has 0 rings (SSSR count). The van der Waals surface area contributed by atoms with Gasteiger partial charge in [0, 0.05) is 18.4 Å². The molecule has 0 heterocycles. The van der Waals surface area contributed by atoms with Crippen molar-refractivity contribution in [3.8, 4) is 0 Å². The smallest absolute Gasteiger partial charge is 0.0340 e. The van der Waals surface area contributed by atoms with Crippen LogP contribution < -0.4 is 11.6 Å². The monoisotopic (exact) mass is 173 g/mol.